The summed E-state index contributed by atoms with van der Waals surface area (Å²) in [5.74, 6) is 0. The number of benzene rings is 1. The van der Waals surface area contributed by atoms with Crippen molar-refractivity contribution in [3.05, 3.63) is 28.8 Å². The quantitative estimate of drug-likeness (QED) is 0.471. The Kier molecular flexibility index (Phi) is 4.86. The average Bonchev–Trinajstić information content (AvgIpc) is 1.94. The number of nitrogen functional groups attached to an aromatic ring is 1. The summed E-state index contributed by atoms with van der Waals surface area (Å²) in [6.45, 7) is 1.93. The van der Waals surface area contributed by atoms with Gasteiger partial charge in [-0.05, 0) is 30.7 Å². The molecule has 7 heteroatoms. The zero-order valence-electron chi connectivity index (χ0n) is 7.31. The molecule has 0 radical (unpaired) electrons. The van der Waals surface area contributed by atoms with Gasteiger partial charge in [0.15, 0.2) is 0 Å². The molecule has 14 heavy (non-hydrogen) atoms. The van der Waals surface area contributed by atoms with Crippen molar-refractivity contribution in [2.45, 2.75) is 6.92 Å². The molecule has 0 aliphatic rings. The SMILES string of the molecule is Cc1cc(N)ccc1Cl.O=S(=O)(O)O. The fourth-order valence-corrected chi connectivity index (χ4v) is 0.785. The lowest BCUT2D eigenvalue weighted by molar-refractivity contribution is 0.381. The number of rotatable bonds is 0. The molecule has 0 saturated carbocycles. The van der Waals surface area contributed by atoms with Gasteiger partial charge in [-0.3, -0.25) is 9.11 Å². The molecule has 5 nitrogen and oxygen atoms in total. The van der Waals surface area contributed by atoms with Crippen molar-refractivity contribution in [3.8, 4) is 0 Å². The predicted octanol–water partition coefficient (Wildman–Crippen LogP) is 1.58. The summed E-state index contributed by atoms with van der Waals surface area (Å²) in [6.07, 6.45) is 0. The van der Waals surface area contributed by atoms with Gasteiger partial charge in [-0.1, -0.05) is 11.6 Å². The Hall–Kier alpha value is -0.820. The van der Waals surface area contributed by atoms with E-state index in [2.05, 4.69) is 0 Å². The summed E-state index contributed by atoms with van der Waals surface area (Å²) in [5.41, 5.74) is 7.25. The first-order valence-electron chi connectivity index (χ1n) is 3.41. The third-order valence-corrected chi connectivity index (χ3v) is 1.61. The molecular weight excluding hydrogens is 230 g/mol. The van der Waals surface area contributed by atoms with Crippen molar-refractivity contribution in [1.82, 2.24) is 0 Å². The Morgan fingerprint density at radius 3 is 2.07 bits per heavy atom. The van der Waals surface area contributed by atoms with Gasteiger partial charge in [-0.15, -0.1) is 0 Å². The largest absolute Gasteiger partial charge is 0.399 e. The van der Waals surface area contributed by atoms with Crippen molar-refractivity contribution in [3.63, 3.8) is 0 Å². The van der Waals surface area contributed by atoms with Gasteiger partial charge >= 0.3 is 10.4 Å². The van der Waals surface area contributed by atoms with E-state index in [0.717, 1.165) is 16.3 Å². The summed E-state index contributed by atoms with van der Waals surface area (Å²) in [7, 11) is -4.67. The highest BCUT2D eigenvalue weighted by Crippen LogP contribution is 2.16. The highest BCUT2D eigenvalue weighted by Gasteiger charge is 1.91. The maximum Gasteiger partial charge on any atom is 0.394 e. The zero-order chi connectivity index (χ0) is 11.4. The summed E-state index contributed by atoms with van der Waals surface area (Å²) < 4.78 is 31.6. The molecule has 0 spiro atoms. The molecule has 0 bridgehead atoms. The predicted molar refractivity (Wildman–Crippen MR) is 54.8 cm³/mol. The Bertz CT molecular complexity index is 396. The normalized spacial score (nSPS) is 10.3. The van der Waals surface area contributed by atoms with Crippen LogP contribution in [0.25, 0.3) is 0 Å². The molecule has 1 aromatic carbocycles. The highest BCUT2D eigenvalue weighted by atomic mass is 35.5. The molecule has 0 fully saturated rings. The van der Waals surface area contributed by atoms with Crippen LogP contribution in [0.1, 0.15) is 5.56 Å². The Labute approximate surface area is 87.1 Å². The summed E-state index contributed by atoms with van der Waals surface area (Å²) in [6, 6.07) is 5.43. The van der Waals surface area contributed by atoms with E-state index in [1.165, 1.54) is 0 Å². The van der Waals surface area contributed by atoms with Crippen LogP contribution in [0.3, 0.4) is 0 Å². The van der Waals surface area contributed by atoms with Gasteiger partial charge in [0, 0.05) is 10.7 Å². The van der Waals surface area contributed by atoms with Crippen LogP contribution in [0, 0.1) is 6.92 Å². The zero-order valence-corrected chi connectivity index (χ0v) is 8.88. The second-order valence-corrected chi connectivity index (χ2v) is 3.76. The van der Waals surface area contributed by atoms with Crippen molar-refractivity contribution in [1.29, 1.82) is 0 Å². The monoisotopic (exact) mass is 239 g/mol. The van der Waals surface area contributed by atoms with Gasteiger partial charge in [0.05, 0.1) is 0 Å². The minimum Gasteiger partial charge on any atom is -0.399 e. The van der Waals surface area contributed by atoms with Gasteiger partial charge in [-0.25, -0.2) is 0 Å². The molecule has 4 N–H and O–H groups in total. The summed E-state index contributed by atoms with van der Waals surface area (Å²) >= 11 is 5.73. The van der Waals surface area contributed by atoms with Crippen molar-refractivity contribution in [2.24, 2.45) is 0 Å². The fraction of sp³-hybridized carbons (Fsp3) is 0.143. The van der Waals surface area contributed by atoms with E-state index in [4.69, 9.17) is 34.9 Å². The molecule has 0 aliphatic heterocycles. The third-order valence-electron chi connectivity index (χ3n) is 1.18. The number of hydrogen-bond donors (Lipinski definition) is 3. The van der Waals surface area contributed by atoms with Gasteiger partial charge < -0.3 is 5.73 Å². The number of hydrogen-bond acceptors (Lipinski definition) is 3. The van der Waals surface area contributed by atoms with Crippen LogP contribution in [-0.2, 0) is 10.4 Å². The topological polar surface area (TPSA) is 101 Å². The second-order valence-electron chi connectivity index (χ2n) is 2.46. The number of anilines is 1. The standard InChI is InChI=1S/C7H8ClN.H2O4S/c1-5-4-6(9)2-3-7(5)8;1-5(2,3)4/h2-4H,9H2,1H3;(H2,1,2,3,4). The van der Waals surface area contributed by atoms with Crippen LogP contribution in [0.4, 0.5) is 5.69 Å². The average molecular weight is 240 g/mol. The van der Waals surface area contributed by atoms with E-state index in [9.17, 15) is 0 Å². The number of halogens is 1. The molecule has 0 aliphatic carbocycles. The van der Waals surface area contributed by atoms with Crippen molar-refractivity contribution in [2.75, 3.05) is 5.73 Å². The van der Waals surface area contributed by atoms with E-state index in [-0.39, 0.29) is 0 Å². The molecule has 0 saturated heterocycles. The number of aryl methyl sites for hydroxylation is 1. The van der Waals surface area contributed by atoms with Gasteiger partial charge in [0.1, 0.15) is 0 Å². The molecule has 1 aromatic rings. The van der Waals surface area contributed by atoms with Gasteiger partial charge in [0.2, 0.25) is 0 Å². The first kappa shape index (κ1) is 13.2. The third kappa shape index (κ3) is 7.81. The van der Waals surface area contributed by atoms with Crippen LogP contribution >= 0.6 is 11.6 Å². The molecule has 0 unspecified atom stereocenters. The van der Waals surface area contributed by atoms with E-state index in [1.807, 2.05) is 13.0 Å². The summed E-state index contributed by atoms with van der Waals surface area (Å²) in [4.78, 5) is 0. The minimum atomic E-state index is -4.67. The molecule has 1 rings (SSSR count). The highest BCUT2D eigenvalue weighted by molar-refractivity contribution is 7.79. The van der Waals surface area contributed by atoms with Crippen LogP contribution in [0.5, 0.6) is 0 Å². The Balaban J connectivity index is 0.000000292. The van der Waals surface area contributed by atoms with Crippen LogP contribution in [-0.4, -0.2) is 17.5 Å². The lowest BCUT2D eigenvalue weighted by Gasteiger charge is -1.96. The minimum absolute atomic E-state index is 0.761. The van der Waals surface area contributed by atoms with Crippen molar-refractivity contribution >= 4 is 27.7 Å². The fourth-order valence-electron chi connectivity index (χ4n) is 0.668. The Morgan fingerprint density at radius 1 is 1.36 bits per heavy atom. The molecular formula is C7H10ClNO4S. The van der Waals surface area contributed by atoms with E-state index >= 15 is 0 Å². The first-order valence-corrected chi connectivity index (χ1v) is 5.19. The van der Waals surface area contributed by atoms with E-state index in [0.29, 0.717) is 0 Å². The van der Waals surface area contributed by atoms with Crippen LogP contribution in [0.2, 0.25) is 5.02 Å². The van der Waals surface area contributed by atoms with Crippen LogP contribution in [0.15, 0.2) is 18.2 Å². The first-order chi connectivity index (χ1) is 6.20. The lowest BCUT2D eigenvalue weighted by Crippen LogP contribution is -1.89. The van der Waals surface area contributed by atoms with Gasteiger partial charge in [0.25, 0.3) is 0 Å². The summed E-state index contributed by atoms with van der Waals surface area (Å²) in [5, 5.41) is 0.768. The van der Waals surface area contributed by atoms with E-state index < -0.39 is 10.4 Å². The molecule has 80 valence electrons. The molecule has 0 amide bonds. The van der Waals surface area contributed by atoms with E-state index in [1.54, 1.807) is 12.1 Å². The van der Waals surface area contributed by atoms with Gasteiger partial charge in [-0.2, -0.15) is 8.42 Å². The smallest absolute Gasteiger partial charge is 0.394 e. The molecule has 0 heterocycles. The second kappa shape index (κ2) is 5.16. The molecule has 0 atom stereocenters. The Morgan fingerprint density at radius 2 is 1.79 bits per heavy atom. The van der Waals surface area contributed by atoms with Crippen LogP contribution < -0.4 is 5.73 Å². The lowest BCUT2D eigenvalue weighted by atomic mass is 10.2. The molecule has 0 aromatic heterocycles. The maximum atomic E-state index is 8.74. The maximum absolute atomic E-state index is 8.74. The van der Waals surface area contributed by atoms with Crippen molar-refractivity contribution < 1.29 is 17.5 Å². The number of nitrogens with two attached hydrogens (primary N) is 1.